The van der Waals surface area contributed by atoms with Gasteiger partial charge in [0.05, 0.1) is 12.0 Å². The van der Waals surface area contributed by atoms with Crippen molar-refractivity contribution in [1.29, 1.82) is 5.26 Å². The molecule has 3 rings (SSSR count). The van der Waals surface area contributed by atoms with Crippen LogP contribution in [0.2, 0.25) is 0 Å². The van der Waals surface area contributed by atoms with Gasteiger partial charge < -0.3 is 4.90 Å². The minimum absolute atomic E-state index is 0.0780. The first-order chi connectivity index (χ1) is 12.3. The van der Waals surface area contributed by atoms with Crippen LogP contribution in [0, 0.1) is 11.3 Å². The lowest BCUT2D eigenvalue weighted by Crippen LogP contribution is -2.22. The predicted molar refractivity (Wildman–Crippen MR) is 103 cm³/mol. The fourth-order valence-corrected chi connectivity index (χ4v) is 2.89. The molecular formula is C23H22N2. The molecule has 0 heterocycles. The van der Waals surface area contributed by atoms with E-state index in [4.69, 9.17) is 5.26 Å². The van der Waals surface area contributed by atoms with Gasteiger partial charge in [0.15, 0.2) is 0 Å². The zero-order valence-corrected chi connectivity index (χ0v) is 14.5. The van der Waals surface area contributed by atoms with Gasteiger partial charge in [0.25, 0.3) is 0 Å². The maximum absolute atomic E-state index is 9.10. The van der Waals surface area contributed by atoms with Gasteiger partial charge in [0.1, 0.15) is 0 Å². The Hall–Kier alpha value is -3.05. The largest absolute Gasteiger partial charge is 0.363 e. The summed E-state index contributed by atoms with van der Waals surface area (Å²) in [7, 11) is 0. The second-order valence-corrected chi connectivity index (χ2v) is 6.27. The molecular weight excluding hydrogens is 304 g/mol. The third-order valence-electron chi connectivity index (χ3n) is 4.38. The Morgan fingerprint density at radius 2 is 1.24 bits per heavy atom. The average molecular weight is 326 g/mol. The van der Waals surface area contributed by atoms with Crippen LogP contribution in [0.4, 0.5) is 5.69 Å². The van der Waals surface area contributed by atoms with E-state index in [9.17, 15) is 0 Å². The molecule has 3 aromatic carbocycles. The molecule has 0 amide bonds. The number of nitrogens with zero attached hydrogens (tertiary/aromatic N) is 2. The first-order valence-electron chi connectivity index (χ1n) is 8.58. The van der Waals surface area contributed by atoms with E-state index in [1.165, 1.54) is 16.8 Å². The van der Waals surface area contributed by atoms with Crippen LogP contribution in [0.3, 0.4) is 0 Å². The Balaban J connectivity index is 1.86. The highest BCUT2D eigenvalue weighted by atomic mass is 15.1. The fraction of sp³-hybridized carbons (Fsp3) is 0.174. The smallest absolute Gasteiger partial charge is 0.0700 e. The van der Waals surface area contributed by atoms with Gasteiger partial charge in [-0.2, -0.15) is 5.26 Å². The molecule has 0 aliphatic rings. The minimum Gasteiger partial charge on any atom is -0.363 e. The third-order valence-corrected chi connectivity index (χ3v) is 4.38. The Kier molecular flexibility index (Phi) is 5.49. The predicted octanol–water partition coefficient (Wildman–Crippen LogP) is 5.52. The highest BCUT2D eigenvalue weighted by Gasteiger charge is 2.10. The van der Waals surface area contributed by atoms with E-state index in [1.54, 1.807) is 0 Å². The van der Waals surface area contributed by atoms with Crippen LogP contribution in [0.15, 0.2) is 84.9 Å². The molecule has 0 saturated carbocycles. The van der Waals surface area contributed by atoms with E-state index >= 15 is 0 Å². The zero-order chi connectivity index (χ0) is 17.5. The molecule has 124 valence electrons. The molecule has 2 nitrogen and oxygen atoms in total. The van der Waals surface area contributed by atoms with Crippen molar-refractivity contribution in [3.8, 4) is 6.07 Å². The van der Waals surface area contributed by atoms with Crippen LogP contribution in [-0.4, -0.2) is 0 Å². The van der Waals surface area contributed by atoms with E-state index in [1.807, 2.05) is 19.1 Å². The fourth-order valence-electron chi connectivity index (χ4n) is 2.89. The quantitative estimate of drug-likeness (QED) is 0.596. The van der Waals surface area contributed by atoms with E-state index in [0.29, 0.717) is 0 Å². The third kappa shape index (κ3) is 4.49. The van der Waals surface area contributed by atoms with Crippen molar-refractivity contribution in [2.24, 2.45) is 0 Å². The van der Waals surface area contributed by atoms with Crippen molar-refractivity contribution in [3.63, 3.8) is 0 Å². The summed E-state index contributed by atoms with van der Waals surface area (Å²) in [5, 5.41) is 9.10. The number of nitriles is 1. The molecule has 1 atom stereocenters. The summed E-state index contributed by atoms with van der Waals surface area (Å²) in [6.45, 7) is 3.63. The van der Waals surface area contributed by atoms with Crippen LogP contribution in [0.5, 0.6) is 0 Å². The van der Waals surface area contributed by atoms with Crippen molar-refractivity contribution in [2.45, 2.75) is 25.9 Å². The van der Waals surface area contributed by atoms with E-state index in [2.05, 4.69) is 83.8 Å². The van der Waals surface area contributed by atoms with E-state index < -0.39 is 0 Å². The standard InChI is InChI=1S/C23H22N2/c1-19(16-24)22-12-14-23(15-13-22)25(17-20-8-4-2-5-9-20)18-21-10-6-3-7-11-21/h2-15,19H,17-18H2,1H3. The Morgan fingerprint density at radius 3 is 1.68 bits per heavy atom. The lowest BCUT2D eigenvalue weighted by Gasteiger charge is -2.25. The normalized spacial score (nSPS) is 11.5. The van der Waals surface area contributed by atoms with Gasteiger partial charge in [-0.1, -0.05) is 72.8 Å². The summed E-state index contributed by atoms with van der Waals surface area (Å²) in [6, 6.07) is 31.7. The van der Waals surface area contributed by atoms with Crippen molar-refractivity contribution in [3.05, 3.63) is 102 Å². The maximum Gasteiger partial charge on any atom is 0.0700 e. The molecule has 0 N–H and O–H groups in total. The Labute approximate surface area is 150 Å². The number of hydrogen-bond acceptors (Lipinski definition) is 2. The number of anilines is 1. The number of rotatable bonds is 6. The van der Waals surface area contributed by atoms with Gasteiger partial charge in [-0.15, -0.1) is 0 Å². The van der Waals surface area contributed by atoms with Gasteiger partial charge >= 0.3 is 0 Å². The summed E-state index contributed by atoms with van der Waals surface area (Å²) >= 11 is 0. The number of benzene rings is 3. The summed E-state index contributed by atoms with van der Waals surface area (Å²) in [6.07, 6.45) is 0. The van der Waals surface area contributed by atoms with Crippen LogP contribution in [0.1, 0.15) is 29.5 Å². The van der Waals surface area contributed by atoms with Crippen molar-refractivity contribution in [1.82, 2.24) is 0 Å². The first kappa shape index (κ1) is 16.8. The van der Waals surface area contributed by atoms with Gasteiger partial charge in [0.2, 0.25) is 0 Å². The SMILES string of the molecule is CC(C#N)c1ccc(N(Cc2ccccc2)Cc2ccccc2)cc1. The molecule has 0 spiro atoms. The Bertz CT molecular complexity index is 776. The Morgan fingerprint density at radius 1 is 0.760 bits per heavy atom. The molecule has 25 heavy (non-hydrogen) atoms. The molecule has 0 bridgehead atoms. The van der Waals surface area contributed by atoms with Crippen molar-refractivity contribution in [2.75, 3.05) is 4.90 Å². The first-order valence-corrected chi connectivity index (χ1v) is 8.58. The molecule has 0 aliphatic heterocycles. The average Bonchev–Trinajstić information content (AvgIpc) is 2.68. The van der Waals surface area contributed by atoms with Crippen LogP contribution < -0.4 is 4.90 Å². The van der Waals surface area contributed by atoms with Crippen molar-refractivity contribution >= 4 is 5.69 Å². The van der Waals surface area contributed by atoms with Crippen molar-refractivity contribution < 1.29 is 0 Å². The summed E-state index contributed by atoms with van der Waals surface area (Å²) < 4.78 is 0. The van der Waals surface area contributed by atoms with Crippen LogP contribution >= 0.6 is 0 Å². The zero-order valence-electron chi connectivity index (χ0n) is 14.5. The topological polar surface area (TPSA) is 27.0 Å². The maximum atomic E-state index is 9.10. The second kappa shape index (κ2) is 8.17. The van der Waals surface area contributed by atoms with E-state index in [-0.39, 0.29) is 5.92 Å². The molecule has 0 fully saturated rings. The molecule has 1 unspecified atom stereocenters. The lowest BCUT2D eigenvalue weighted by atomic mass is 10.0. The molecule has 0 aromatic heterocycles. The molecule has 0 saturated heterocycles. The second-order valence-electron chi connectivity index (χ2n) is 6.27. The summed E-state index contributed by atoms with van der Waals surface area (Å²) in [4.78, 5) is 2.37. The van der Waals surface area contributed by atoms with Gasteiger partial charge in [-0.3, -0.25) is 0 Å². The van der Waals surface area contributed by atoms with E-state index in [0.717, 1.165) is 18.7 Å². The van der Waals surface area contributed by atoms with Crippen LogP contribution in [0.25, 0.3) is 0 Å². The summed E-state index contributed by atoms with van der Waals surface area (Å²) in [5.41, 5.74) is 4.80. The minimum atomic E-state index is -0.0780. The van der Waals surface area contributed by atoms with Gasteiger partial charge in [0, 0.05) is 18.8 Å². The number of hydrogen-bond donors (Lipinski definition) is 0. The molecule has 3 aromatic rings. The van der Waals surface area contributed by atoms with Gasteiger partial charge in [-0.25, -0.2) is 0 Å². The molecule has 2 heteroatoms. The lowest BCUT2D eigenvalue weighted by molar-refractivity contribution is 0.799. The summed E-state index contributed by atoms with van der Waals surface area (Å²) in [5.74, 6) is -0.0780. The monoisotopic (exact) mass is 326 g/mol. The van der Waals surface area contributed by atoms with Gasteiger partial charge in [-0.05, 0) is 35.7 Å². The van der Waals surface area contributed by atoms with Crippen LogP contribution in [-0.2, 0) is 13.1 Å². The highest BCUT2D eigenvalue weighted by molar-refractivity contribution is 5.49. The molecule has 0 radical (unpaired) electrons. The molecule has 0 aliphatic carbocycles. The highest BCUT2D eigenvalue weighted by Crippen LogP contribution is 2.23.